The zero-order valence-electron chi connectivity index (χ0n) is 11.2. The summed E-state index contributed by atoms with van der Waals surface area (Å²) in [5.74, 6) is 0.291. The van der Waals surface area contributed by atoms with Crippen LogP contribution in [0.25, 0.3) is 0 Å². The number of pyridine rings is 1. The summed E-state index contributed by atoms with van der Waals surface area (Å²) in [5, 5.41) is 9.81. The van der Waals surface area contributed by atoms with E-state index in [1.165, 1.54) is 0 Å². The van der Waals surface area contributed by atoms with E-state index in [1.54, 1.807) is 6.07 Å². The van der Waals surface area contributed by atoms with Crippen molar-refractivity contribution in [1.29, 1.82) is 0 Å². The Bertz CT molecular complexity index is 393. The number of nitrogens with zero attached hydrogens (tertiary/aromatic N) is 2. The molecule has 0 spiro atoms. The van der Waals surface area contributed by atoms with E-state index in [9.17, 15) is 5.11 Å². The molecule has 18 heavy (non-hydrogen) atoms. The number of likely N-dealkylation sites (tertiary alicyclic amines) is 1. The van der Waals surface area contributed by atoms with E-state index in [1.807, 2.05) is 19.9 Å². The van der Waals surface area contributed by atoms with Gasteiger partial charge in [0.1, 0.15) is 5.75 Å². The van der Waals surface area contributed by atoms with Crippen molar-refractivity contribution >= 4 is 0 Å². The molecule has 2 heterocycles. The Hall–Kier alpha value is -1.13. The molecule has 2 rings (SSSR count). The van der Waals surface area contributed by atoms with Crippen molar-refractivity contribution in [2.24, 2.45) is 0 Å². The number of piperidine rings is 1. The molecule has 1 aliphatic heterocycles. The molecule has 1 aromatic rings. The van der Waals surface area contributed by atoms with Crippen molar-refractivity contribution in [2.45, 2.75) is 39.3 Å². The lowest BCUT2D eigenvalue weighted by Crippen LogP contribution is -2.39. The van der Waals surface area contributed by atoms with Crippen molar-refractivity contribution < 1.29 is 9.84 Å². The van der Waals surface area contributed by atoms with Gasteiger partial charge in [0.25, 0.3) is 0 Å². The zero-order valence-corrected chi connectivity index (χ0v) is 11.2. The van der Waals surface area contributed by atoms with Crippen molar-refractivity contribution in [2.75, 3.05) is 19.7 Å². The Morgan fingerprint density at radius 3 is 3.11 bits per heavy atom. The SMILES string of the molecule is CCOC1CCCN(Cc2nc(C)ccc2O)C1. The number of rotatable bonds is 4. The van der Waals surface area contributed by atoms with Crippen molar-refractivity contribution in [3.8, 4) is 5.75 Å². The fourth-order valence-corrected chi connectivity index (χ4v) is 2.46. The molecule has 0 amide bonds. The normalized spacial score (nSPS) is 21.1. The molecule has 1 fully saturated rings. The summed E-state index contributed by atoms with van der Waals surface area (Å²) >= 11 is 0. The number of aryl methyl sites for hydroxylation is 1. The minimum Gasteiger partial charge on any atom is -0.506 e. The van der Waals surface area contributed by atoms with Gasteiger partial charge in [-0.05, 0) is 45.4 Å². The first kappa shape index (κ1) is 13.3. The van der Waals surface area contributed by atoms with Gasteiger partial charge in [-0.2, -0.15) is 0 Å². The third kappa shape index (κ3) is 3.43. The van der Waals surface area contributed by atoms with Gasteiger partial charge in [-0.15, -0.1) is 0 Å². The summed E-state index contributed by atoms with van der Waals surface area (Å²) in [6, 6.07) is 3.56. The Labute approximate surface area is 109 Å². The molecule has 1 aliphatic rings. The van der Waals surface area contributed by atoms with Crippen molar-refractivity contribution in [1.82, 2.24) is 9.88 Å². The lowest BCUT2D eigenvalue weighted by atomic mass is 10.1. The van der Waals surface area contributed by atoms with Crippen molar-refractivity contribution in [3.05, 3.63) is 23.5 Å². The molecule has 0 aromatic carbocycles. The highest BCUT2D eigenvalue weighted by Gasteiger charge is 2.21. The minimum absolute atomic E-state index is 0.291. The number of ether oxygens (including phenoxy) is 1. The van der Waals surface area contributed by atoms with Gasteiger partial charge in [0, 0.05) is 25.4 Å². The first-order chi connectivity index (χ1) is 8.69. The quantitative estimate of drug-likeness (QED) is 0.889. The summed E-state index contributed by atoms with van der Waals surface area (Å²) < 4.78 is 5.68. The van der Waals surface area contributed by atoms with Crippen LogP contribution in [0.5, 0.6) is 5.75 Å². The van der Waals surface area contributed by atoms with Gasteiger partial charge in [0.05, 0.1) is 11.8 Å². The van der Waals surface area contributed by atoms with Gasteiger partial charge in [0.15, 0.2) is 0 Å². The molecule has 1 atom stereocenters. The molecular formula is C14H22N2O2. The van der Waals surface area contributed by atoms with Crippen LogP contribution in [0.4, 0.5) is 0 Å². The van der Waals surface area contributed by atoms with Gasteiger partial charge < -0.3 is 9.84 Å². The van der Waals surface area contributed by atoms with Gasteiger partial charge in [0.2, 0.25) is 0 Å². The largest absolute Gasteiger partial charge is 0.506 e. The van der Waals surface area contributed by atoms with Gasteiger partial charge in [-0.3, -0.25) is 9.88 Å². The second-order valence-corrected chi connectivity index (χ2v) is 4.87. The summed E-state index contributed by atoms with van der Waals surface area (Å²) in [6.45, 7) is 7.44. The van der Waals surface area contributed by atoms with Crippen LogP contribution in [0, 0.1) is 6.92 Å². The standard InChI is InChI=1S/C14H22N2O2/c1-3-18-12-5-4-8-16(9-12)10-13-14(17)7-6-11(2)15-13/h6-7,12,17H,3-5,8-10H2,1-2H3. The maximum absolute atomic E-state index is 9.81. The van der Waals surface area contributed by atoms with E-state index in [0.717, 1.165) is 43.9 Å². The number of hydrogen-bond acceptors (Lipinski definition) is 4. The van der Waals surface area contributed by atoms with Gasteiger partial charge in [-0.1, -0.05) is 0 Å². The van der Waals surface area contributed by atoms with Crippen LogP contribution >= 0.6 is 0 Å². The predicted octanol–water partition coefficient (Wildman–Crippen LogP) is 2.10. The van der Waals surface area contributed by atoms with Crippen LogP contribution in [0.2, 0.25) is 0 Å². The topological polar surface area (TPSA) is 45.6 Å². The molecule has 0 aliphatic carbocycles. The average molecular weight is 250 g/mol. The van der Waals surface area contributed by atoms with Crippen LogP contribution in [-0.4, -0.2) is 40.8 Å². The predicted molar refractivity (Wildman–Crippen MR) is 70.6 cm³/mol. The number of aromatic hydroxyl groups is 1. The zero-order chi connectivity index (χ0) is 13.0. The monoisotopic (exact) mass is 250 g/mol. The summed E-state index contributed by atoms with van der Waals surface area (Å²) in [4.78, 5) is 6.72. The summed E-state index contributed by atoms with van der Waals surface area (Å²) in [5.41, 5.74) is 1.72. The molecule has 0 saturated carbocycles. The van der Waals surface area contributed by atoms with E-state index in [2.05, 4.69) is 9.88 Å². The fraction of sp³-hybridized carbons (Fsp3) is 0.643. The maximum Gasteiger partial charge on any atom is 0.138 e. The third-order valence-electron chi connectivity index (χ3n) is 3.33. The molecule has 0 radical (unpaired) electrons. The molecule has 1 saturated heterocycles. The molecule has 1 aromatic heterocycles. The lowest BCUT2D eigenvalue weighted by Gasteiger charge is -2.32. The highest BCUT2D eigenvalue weighted by Crippen LogP contribution is 2.20. The molecule has 1 unspecified atom stereocenters. The third-order valence-corrected chi connectivity index (χ3v) is 3.33. The maximum atomic E-state index is 9.81. The average Bonchev–Trinajstić information content (AvgIpc) is 2.35. The van der Waals surface area contributed by atoms with E-state index in [4.69, 9.17) is 4.74 Å². The molecule has 1 N–H and O–H groups in total. The minimum atomic E-state index is 0.291. The second kappa shape index (κ2) is 6.16. The van der Waals surface area contributed by atoms with Crippen LogP contribution in [0.1, 0.15) is 31.2 Å². The highest BCUT2D eigenvalue weighted by molar-refractivity contribution is 5.27. The summed E-state index contributed by atoms with van der Waals surface area (Å²) in [6.07, 6.45) is 2.62. The molecule has 4 heteroatoms. The number of aromatic nitrogens is 1. The second-order valence-electron chi connectivity index (χ2n) is 4.87. The van der Waals surface area contributed by atoms with E-state index in [-0.39, 0.29) is 0 Å². The molecule has 0 bridgehead atoms. The molecule has 100 valence electrons. The van der Waals surface area contributed by atoms with Gasteiger partial charge in [-0.25, -0.2) is 0 Å². The van der Waals surface area contributed by atoms with Crippen LogP contribution in [0.3, 0.4) is 0 Å². The van der Waals surface area contributed by atoms with Crippen LogP contribution < -0.4 is 0 Å². The lowest BCUT2D eigenvalue weighted by molar-refractivity contribution is 0.00312. The van der Waals surface area contributed by atoms with E-state index in [0.29, 0.717) is 18.4 Å². The number of hydrogen-bond donors (Lipinski definition) is 1. The Balaban J connectivity index is 1.98. The Morgan fingerprint density at radius 1 is 1.50 bits per heavy atom. The highest BCUT2D eigenvalue weighted by atomic mass is 16.5. The van der Waals surface area contributed by atoms with E-state index < -0.39 is 0 Å². The van der Waals surface area contributed by atoms with Gasteiger partial charge >= 0.3 is 0 Å². The first-order valence-corrected chi connectivity index (χ1v) is 6.68. The van der Waals surface area contributed by atoms with Crippen LogP contribution in [0.15, 0.2) is 12.1 Å². The first-order valence-electron chi connectivity index (χ1n) is 6.68. The Kier molecular flexibility index (Phi) is 4.55. The van der Waals surface area contributed by atoms with Crippen LogP contribution in [-0.2, 0) is 11.3 Å². The Morgan fingerprint density at radius 2 is 2.33 bits per heavy atom. The van der Waals surface area contributed by atoms with Crippen molar-refractivity contribution in [3.63, 3.8) is 0 Å². The smallest absolute Gasteiger partial charge is 0.138 e. The fourth-order valence-electron chi connectivity index (χ4n) is 2.46. The van der Waals surface area contributed by atoms with E-state index >= 15 is 0 Å². The molecular weight excluding hydrogens is 228 g/mol. The summed E-state index contributed by atoms with van der Waals surface area (Å²) in [7, 11) is 0. The molecule has 4 nitrogen and oxygen atoms in total.